The number of aliphatic hydroxyl groups is 1. The quantitative estimate of drug-likeness (QED) is 0.407. The first-order valence-electron chi connectivity index (χ1n) is 11.4. The highest BCUT2D eigenvalue weighted by atomic mass is 19.4. The van der Waals surface area contributed by atoms with Gasteiger partial charge in [0, 0.05) is 54.5 Å². The molecule has 2 heterocycles. The van der Waals surface area contributed by atoms with Crippen molar-refractivity contribution in [3.63, 3.8) is 0 Å². The number of carbonyl (C=O) groups excluding carboxylic acids is 2. The molecule has 0 saturated carbocycles. The van der Waals surface area contributed by atoms with Crippen LogP contribution in [0.25, 0.3) is 5.57 Å². The van der Waals surface area contributed by atoms with E-state index in [0.717, 1.165) is 24.7 Å². The van der Waals surface area contributed by atoms with Crippen LogP contribution < -0.4 is 15.5 Å². The van der Waals surface area contributed by atoms with Crippen LogP contribution >= 0.6 is 0 Å². The Morgan fingerprint density at radius 1 is 1.19 bits per heavy atom. The maximum absolute atomic E-state index is 14.2. The van der Waals surface area contributed by atoms with E-state index in [2.05, 4.69) is 10.6 Å². The molecule has 1 unspecified atom stereocenters. The number of hydrogen-bond donors (Lipinski definition) is 3. The van der Waals surface area contributed by atoms with Crippen LogP contribution in [-0.4, -0.2) is 42.0 Å². The van der Waals surface area contributed by atoms with Gasteiger partial charge in [-0.3, -0.25) is 9.59 Å². The van der Waals surface area contributed by atoms with Gasteiger partial charge in [-0.1, -0.05) is 19.1 Å². The van der Waals surface area contributed by atoms with Crippen molar-refractivity contribution in [3.05, 3.63) is 59.2 Å². The monoisotopic (exact) mass is 509 g/mol. The highest BCUT2D eigenvalue weighted by Crippen LogP contribution is 2.41. The van der Waals surface area contributed by atoms with Gasteiger partial charge in [0.15, 0.2) is 0 Å². The zero-order valence-electron chi connectivity index (χ0n) is 19.3. The van der Waals surface area contributed by atoms with Crippen LogP contribution in [0.3, 0.4) is 0 Å². The number of hydrogen-bond acceptors (Lipinski definition) is 4. The molecule has 11 heteroatoms. The van der Waals surface area contributed by atoms with E-state index in [-0.39, 0.29) is 24.2 Å². The highest BCUT2D eigenvalue weighted by molar-refractivity contribution is 6.08. The fourth-order valence-electron chi connectivity index (χ4n) is 4.35. The Balaban J connectivity index is 1.68. The molecule has 2 aromatic carbocycles. The number of fused-ring (bicyclic) bond motifs is 2. The lowest BCUT2D eigenvalue weighted by molar-refractivity contribution is -0.143. The number of aliphatic hydroxyl groups excluding tert-OH is 1. The van der Waals surface area contributed by atoms with Crippen LogP contribution in [0.5, 0.6) is 0 Å². The maximum Gasteiger partial charge on any atom is 0.416 e. The molecule has 0 radical (unpaired) electrons. The van der Waals surface area contributed by atoms with Gasteiger partial charge >= 0.3 is 12.1 Å². The SMILES string of the molecule is CCC(F)(F)C(=O)N1CCC(=CC(=O)Nc2cccc3c2CC(O)CN3)c2ccc(C(F)(F)F)cc21. The second-order valence-corrected chi connectivity index (χ2v) is 8.72. The van der Waals surface area contributed by atoms with Crippen molar-refractivity contribution in [1.82, 2.24) is 0 Å². The van der Waals surface area contributed by atoms with E-state index >= 15 is 0 Å². The molecule has 192 valence electrons. The number of β-amino-alcohol motifs (C(OH)–C–C–N with tert-alkyl or cyclic N) is 1. The number of carbonyl (C=O) groups is 2. The van der Waals surface area contributed by atoms with Crippen LogP contribution in [0.15, 0.2) is 42.5 Å². The molecule has 0 bridgehead atoms. The Labute approximate surface area is 203 Å². The summed E-state index contributed by atoms with van der Waals surface area (Å²) in [6.07, 6.45) is -4.68. The van der Waals surface area contributed by atoms with E-state index < -0.39 is 42.0 Å². The van der Waals surface area contributed by atoms with Crippen molar-refractivity contribution in [1.29, 1.82) is 0 Å². The van der Waals surface area contributed by atoms with Crippen LogP contribution in [0.4, 0.5) is 39.0 Å². The molecule has 1 atom stereocenters. The summed E-state index contributed by atoms with van der Waals surface area (Å²) in [5.74, 6) is -5.91. The van der Waals surface area contributed by atoms with Gasteiger partial charge in [-0.05, 0) is 36.3 Å². The lowest BCUT2D eigenvalue weighted by atomic mass is 9.93. The third kappa shape index (κ3) is 5.06. The normalized spacial score (nSPS) is 18.8. The first kappa shape index (κ1) is 25.6. The van der Waals surface area contributed by atoms with E-state index in [4.69, 9.17) is 0 Å². The number of alkyl halides is 5. The molecule has 0 aliphatic carbocycles. The summed E-state index contributed by atoms with van der Waals surface area (Å²) in [7, 11) is 0. The highest BCUT2D eigenvalue weighted by Gasteiger charge is 2.43. The number of rotatable bonds is 4. The van der Waals surface area contributed by atoms with E-state index in [1.165, 1.54) is 6.08 Å². The minimum absolute atomic E-state index is 0.00944. The minimum atomic E-state index is -4.75. The largest absolute Gasteiger partial charge is 0.416 e. The topological polar surface area (TPSA) is 81.7 Å². The van der Waals surface area contributed by atoms with Crippen molar-refractivity contribution >= 4 is 34.4 Å². The van der Waals surface area contributed by atoms with Gasteiger partial charge in [-0.2, -0.15) is 22.0 Å². The zero-order valence-corrected chi connectivity index (χ0v) is 19.3. The number of nitrogens with one attached hydrogen (secondary N) is 2. The average Bonchev–Trinajstić information content (AvgIpc) is 2.83. The zero-order chi connectivity index (χ0) is 26.3. The van der Waals surface area contributed by atoms with Gasteiger partial charge in [-0.25, -0.2) is 0 Å². The molecule has 0 fully saturated rings. The van der Waals surface area contributed by atoms with Gasteiger partial charge in [-0.15, -0.1) is 0 Å². The molecular formula is C25H24F5N3O3. The van der Waals surface area contributed by atoms with Crippen LogP contribution in [-0.2, 0) is 22.2 Å². The van der Waals surface area contributed by atoms with Crippen LogP contribution in [0.1, 0.15) is 36.5 Å². The molecule has 2 amide bonds. The number of halogens is 5. The summed E-state index contributed by atoms with van der Waals surface area (Å²) < 4.78 is 68.4. The van der Waals surface area contributed by atoms with Crippen molar-refractivity contribution in [2.75, 3.05) is 28.6 Å². The predicted octanol–water partition coefficient (Wildman–Crippen LogP) is 4.84. The van der Waals surface area contributed by atoms with Crippen LogP contribution in [0.2, 0.25) is 0 Å². The molecule has 0 aromatic heterocycles. The molecule has 0 saturated heterocycles. The summed E-state index contributed by atoms with van der Waals surface area (Å²) >= 11 is 0. The predicted molar refractivity (Wildman–Crippen MR) is 125 cm³/mol. The van der Waals surface area contributed by atoms with Gasteiger partial charge in [0.25, 0.3) is 5.91 Å². The number of benzene rings is 2. The smallest absolute Gasteiger partial charge is 0.391 e. The number of amides is 2. The Morgan fingerprint density at radius 3 is 2.64 bits per heavy atom. The second kappa shape index (κ2) is 9.53. The first-order chi connectivity index (χ1) is 16.9. The average molecular weight is 509 g/mol. The summed E-state index contributed by atoms with van der Waals surface area (Å²) in [5, 5.41) is 15.7. The standard InChI is InChI=1S/C25H24F5N3O3/c1-2-24(26,27)23(36)33-9-8-14(17-7-6-15(11-21(17)33)25(28,29)30)10-22(35)32-20-5-3-4-19-18(20)12-16(34)13-31-19/h3-7,10-11,16,31,34H,2,8-9,12-13H2,1H3,(H,32,35). The molecule has 2 aliphatic heterocycles. The summed E-state index contributed by atoms with van der Waals surface area (Å²) in [5.41, 5.74) is 0.924. The molecular weight excluding hydrogens is 485 g/mol. The first-order valence-corrected chi connectivity index (χ1v) is 11.4. The number of nitrogens with zero attached hydrogens (tertiary/aromatic N) is 1. The Kier molecular flexibility index (Phi) is 6.78. The lowest BCUT2D eigenvalue weighted by Crippen LogP contribution is -2.45. The van der Waals surface area contributed by atoms with E-state index in [1.807, 2.05) is 6.07 Å². The van der Waals surface area contributed by atoms with E-state index in [0.29, 0.717) is 40.8 Å². The fraction of sp³-hybridized carbons (Fsp3) is 0.360. The Morgan fingerprint density at radius 2 is 1.94 bits per heavy atom. The van der Waals surface area contributed by atoms with Crippen molar-refractivity contribution in [2.24, 2.45) is 0 Å². The number of anilines is 3. The summed E-state index contributed by atoms with van der Waals surface area (Å²) in [4.78, 5) is 26.0. The van der Waals surface area contributed by atoms with Crippen molar-refractivity contribution in [2.45, 2.75) is 44.4 Å². The van der Waals surface area contributed by atoms with Gasteiger partial charge in [0.2, 0.25) is 5.91 Å². The van der Waals surface area contributed by atoms with E-state index in [1.54, 1.807) is 12.1 Å². The van der Waals surface area contributed by atoms with Crippen LogP contribution in [0, 0.1) is 0 Å². The molecule has 4 rings (SSSR count). The van der Waals surface area contributed by atoms with E-state index in [9.17, 15) is 36.6 Å². The molecule has 2 aliphatic rings. The fourth-order valence-corrected chi connectivity index (χ4v) is 4.35. The molecule has 3 N–H and O–H groups in total. The molecule has 36 heavy (non-hydrogen) atoms. The summed E-state index contributed by atoms with van der Waals surface area (Å²) in [6, 6.07) is 7.72. The Bertz CT molecular complexity index is 1230. The molecule has 2 aromatic rings. The molecule has 6 nitrogen and oxygen atoms in total. The summed E-state index contributed by atoms with van der Waals surface area (Å²) in [6.45, 7) is 1.18. The van der Waals surface area contributed by atoms with Gasteiger partial charge < -0.3 is 20.6 Å². The second-order valence-electron chi connectivity index (χ2n) is 8.72. The van der Waals surface area contributed by atoms with Crippen molar-refractivity contribution < 1.29 is 36.6 Å². The van der Waals surface area contributed by atoms with Crippen molar-refractivity contribution in [3.8, 4) is 0 Å². The lowest BCUT2D eigenvalue weighted by Gasteiger charge is -2.33. The third-order valence-corrected chi connectivity index (χ3v) is 6.28. The Hall–Kier alpha value is -3.47. The van der Waals surface area contributed by atoms with Gasteiger partial charge in [0.05, 0.1) is 17.4 Å². The van der Waals surface area contributed by atoms with Gasteiger partial charge in [0.1, 0.15) is 0 Å². The third-order valence-electron chi connectivity index (χ3n) is 6.28. The minimum Gasteiger partial charge on any atom is -0.391 e. The molecule has 0 spiro atoms. The maximum atomic E-state index is 14.2.